The van der Waals surface area contributed by atoms with Gasteiger partial charge in [0.2, 0.25) is 0 Å². The fourth-order valence-corrected chi connectivity index (χ4v) is 4.15. The van der Waals surface area contributed by atoms with Gasteiger partial charge in [-0.25, -0.2) is 0 Å². The summed E-state index contributed by atoms with van der Waals surface area (Å²) in [5.74, 6) is 0.638. The Morgan fingerprint density at radius 2 is 2.05 bits per heavy atom. The second kappa shape index (κ2) is 6.50. The Labute approximate surface area is 129 Å². The van der Waals surface area contributed by atoms with E-state index in [4.69, 9.17) is 4.74 Å². The Hall–Kier alpha value is -0.860. The maximum atomic E-state index is 5.92. The van der Waals surface area contributed by atoms with Crippen molar-refractivity contribution in [2.75, 3.05) is 13.2 Å². The van der Waals surface area contributed by atoms with Gasteiger partial charge in [-0.05, 0) is 50.6 Å². The molecule has 0 aromatic heterocycles. The van der Waals surface area contributed by atoms with Crippen LogP contribution in [0.4, 0.5) is 0 Å². The molecule has 2 heteroatoms. The third kappa shape index (κ3) is 2.89. The van der Waals surface area contributed by atoms with Crippen LogP contribution in [0.15, 0.2) is 30.3 Å². The minimum atomic E-state index is 0.492. The molecule has 2 aliphatic carbocycles. The molecule has 21 heavy (non-hydrogen) atoms. The van der Waals surface area contributed by atoms with Gasteiger partial charge in [0, 0.05) is 18.1 Å². The van der Waals surface area contributed by atoms with E-state index in [0.29, 0.717) is 23.5 Å². The molecule has 3 unspecified atom stereocenters. The molecule has 0 heterocycles. The predicted octanol–water partition coefficient (Wildman–Crippen LogP) is 4.12. The van der Waals surface area contributed by atoms with E-state index in [1.54, 1.807) is 0 Å². The SMILES string of the molecule is CCOC1CC(NCCC(C)c2ccccc2)C12CCC2. The molecule has 1 spiro atoms. The lowest BCUT2D eigenvalue weighted by Crippen LogP contribution is -2.67. The van der Waals surface area contributed by atoms with Crippen molar-refractivity contribution in [1.82, 2.24) is 5.32 Å². The maximum absolute atomic E-state index is 5.92. The minimum Gasteiger partial charge on any atom is -0.378 e. The highest BCUT2D eigenvalue weighted by atomic mass is 16.5. The Bertz CT molecular complexity index is 440. The van der Waals surface area contributed by atoms with E-state index in [1.165, 1.54) is 37.7 Å². The monoisotopic (exact) mass is 287 g/mol. The van der Waals surface area contributed by atoms with Gasteiger partial charge in [-0.1, -0.05) is 43.7 Å². The van der Waals surface area contributed by atoms with Gasteiger partial charge in [0.25, 0.3) is 0 Å². The van der Waals surface area contributed by atoms with Gasteiger partial charge in [-0.3, -0.25) is 0 Å². The van der Waals surface area contributed by atoms with Crippen LogP contribution in [-0.2, 0) is 4.74 Å². The highest BCUT2D eigenvalue weighted by Gasteiger charge is 2.58. The molecule has 116 valence electrons. The number of benzene rings is 1. The fraction of sp³-hybridized carbons (Fsp3) is 0.684. The smallest absolute Gasteiger partial charge is 0.0661 e. The summed E-state index contributed by atoms with van der Waals surface area (Å²) in [4.78, 5) is 0. The van der Waals surface area contributed by atoms with Crippen LogP contribution >= 0.6 is 0 Å². The van der Waals surface area contributed by atoms with Crippen LogP contribution in [0.25, 0.3) is 0 Å². The minimum absolute atomic E-state index is 0.492. The zero-order chi connectivity index (χ0) is 14.7. The van der Waals surface area contributed by atoms with Gasteiger partial charge in [-0.15, -0.1) is 0 Å². The molecule has 2 aliphatic rings. The van der Waals surface area contributed by atoms with Gasteiger partial charge in [0.05, 0.1) is 6.10 Å². The first-order valence-corrected chi connectivity index (χ1v) is 8.66. The predicted molar refractivity (Wildman–Crippen MR) is 87.6 cm³/mol. The average Bonchev–Trinajstić information content (AvgIpc) is 2.44. The van der Waals surface area contributed by atoms with Crippen molar-refractivity contribution in [3.63, 3.8) is 0 Å². The quantitative estimate of drug-likeness (QED) is 0.814. The van der Waals surface area contributed by atoms with E-state index in [0.717, 1.165) is 13.2 Å². The normalized spacial score (nSPS) is 27.9. The van der Waals surface area contributed by atoms with Crippen LogP contribution in [-0.4, -0.2) is 25.3 Å². The van der Waals surface area contributed by atoms with E-state index in [1.807, 2.05) is 0 Å². The van der Waals surface area contributed by atoms with E-state index in [2.05, 4.69) is 49.5 Å². The Balaban J connectivity index is 1.44. The molecule has 2 saturated carbocycles. The third-order valence-corrected chi connectivity index (χ3v) is 5.77. The van der Waals surface area contributed by atoms with Crippen molar-refractivity contribution < 1.29 is 4.74 Å². The number of hydrogen-bond acceptors (Lipinski definition) is 2. The van der Waals surface area contributed by atoms with Crippen molar-refractivity contribution >= 4 is 0 Å². The summed E-state index contributed by atoms with van der Waals surface area (Å²) in [6.45, 7) is 6.44. The summed E-state index contributed by atoms with van der Waals surface area (Å²) in [6, 6.07) is 11.6. The van der Waals surface area contributed by atoms with E-state index in [-0.39, 0.29) is 0 Å². The molecule has 3 rings (SSSR count). The largest absolute Gasteiger partial charge is 0.378 e. The highest BCUT2D eigenvalue weighted by molar-refractivity contribution is 5.18. The lowest BCUT2D eigenvalue weighted by molar-refractivity contribution is -0.172. The van der Waals surface area contributed by atoms with Crippen LogP contribution < -0.4 is 5.32 Å². The molecule has 0 aliphatic heterocycles. The molecule has 0 radical (unpaired) electrons. The van der Waals surface area contributed by atoms with Crippen molar-refractivity contribution in [2.24, 2.45) is 5.41 Å². The number of ether oxygens (including phenoxy) is 1. The second-order valence-electron chi connectivity index (χ2n) is 6.87. The van der Waals surface area contributed by atoms with Crippen molar-refractivity contribution in [1.29, 1.82) is 0 Å². The zero-order valence-corrected chi connectivity index (χ0v) is 13.5. The van der Waals surface area contributed by atoms with Crippen LogP contribution in [0.1, 0.15) is 57.4 Å². The number of nitrogens with one attached hydrogen (secondary N) is 1. The lowest BCUT2D eigenvalue weighted by atomic mass is 9.51. The van der Waals surface area contributed by atoms with Gasteiger partial charge < -0.3 is 10.1 Å². The molecule has 2 fully saturated rings. The average molecular weight is 287 g/mol. The topological polar surface area (TPSA) is 21.3 Å². The second-order valence-corrected chi connectivity index (χ2v) is 6.87. The molecule has 1 aromatic carbocycles. The van der Waals surface area contributed by atoms with E-state index < -0.39 is 0 Å². The summed E-state index contributed by atoms with van der Waals surface area (Å²) in [5.41, 5.74) is 1.95. The van der Waals surface area contributed by atoms with Crippen LogP contribution in [0, 0.1) is 5.41 Å². The molecule has 2 nitrogen and oxygen atoms in total. The standard InChI is InChI=1S/C19H29NO/c1-3-21-18-14-17(19(18)11-7-12-19)20-13-10-15(2)16-8-5-4-6-9-16/h4-6,8-9,15,17-18,20H,3,7,10-14H2,1-2H3. The fourth-order valence-electron chi connectivity index (χ4n) is 4.15. The molecule has 0 bridgehead atoms. The van der Waals surface area contributed by atoms with E-state index in [9.17, 15) is 0 Å². The molecule has 3 atom stereocenters. The van der Waals surface area contributed by atoms with Gasteiger partial charge >= 0.3 is 0 Å². The zero-order valence-electron chi connectivity index (χ0n) is 13.5. The van der Waals surface area contributed by atoms with Crippen molar-refractivity contribution in [2.45, 2.75) is 64.0 Å². The molecular formula is C19H29NO. The molecule has 1 aromatic rings. The summed E-state index contributed by atoms with van der Waals surface area (Å²) in [6.07, 6.45) is 7.08. The Morgan fingerprint density at radius 3 is 2.67 bits per heavy atom. The van der Waals surface area contributed by atoms with Crippen molar-refractivity contribution in [3.8, 4) is 0 Å². The van der Waals surface area contributed by atoms with E-state index >= 15 is 0 Å². The van der Waals surface area contributed by atoms with Crippen molar-refractivity contribution in [3.05, 3.63) is 35.9 Å². The molecule has 0 amide bonds. The van der Waals surface area contributed by atoms with Gasteiger partial charge in [0.1, 0.15) is 0 Å². The van der Waals surface area contributed by atoms with Gasteiger partial charge in [-0.2, -0.15) is 0 Å². The Kier molecular flexibility index (Phi) is 4.66. The Morgan fingerprint density at radius 1 is 1.29 bits per heavy atom. The molecule has 1 N–H and O–H groups in total. The highest BCUT2D eigenvalue weighted by Crippen LogP contribution is 2.57. The summed E-state index contributed by atoms with van der Waals surface area (Å²) >= 11 is 0. The maximum Gasteiger partial charge on any atom is 0.0661 e. The van der Waals surface area contributed by atoms with Crippen LogP contribution in [0.2, 0.25) is 0 Å². The first kappa shape index (κ1) is 15.1. The first-order valence-electron chi connectivity index (χ1n) is 8.66. The van der Waals surface area contributed by atoms with Gasteiger partial charge in [0.15, 0.2) is 0 Å². The number of hydrogen-bond donors (Lipinski definition) is 1. The number of rotatable bonds is 7. The lowest BCUT2D eigenvalue weighted by Gasteiger charge is -2.61. The van der Waals surface area contributed by atoms with Crippen LogP contribution in [0.3, 0.4) is 0 Å². The molecule has 0 saturated heterocycles. The summed E-state index contributed by atoms with van der Waals surface area (Å²) < 4.78 is 5.92. The first-order chi connectivity index (χ1) is 10.3. The third-order valence-electron chi connectivity index (χ3n) is 5.77. The summed E-state index contributed by atoms with van der Waals surface area (Å²) in [5, 5.41) is 3.82. The summed E-state index contributed by atoms with van der Waals surface area (Å²) in [7, 11) is 0. The van der Waals surface area contributed by atoms with Crippen LogP contribution in [0.5, 0.6) is 0 Å². The molecular weight excluding hydrogens is 258 g/mol.